The molecule has 4 heteroatoms. The summed E-state index contributed by atoms with van der Waals surface area (Å²) in [6.07, 6.45) is 1.38. The van der Waals surface area contributed by atoms with Gasteiger partial charge in [0.15, 0.2) is 0 Å². The highest BCUT2D eigenvalue weighted by Crippen LogP contribution is 2.59. The number of allylic oxidation sites excluding steroid dienone is 1. The van der Waals surface area contributed by atoms with E-state index >= 15 is 0 Å². The monoisotopic (exact) mass is 216 g/mol. The van der Waals surface area contributed by atoms with Crippen molar-refractivity contribution in [2.45, 2.75) is 20.8 Å². The van der Waals surface area contributed by atoms with Crippen LogP contribution in [0.5, 0.6) is 0 Å². The third-order valence-electron chi connectivity index (χ3n) is 2.98. The maximum atomic E-state index is 13.2. The Labute approximate surface area is 88.9 Å². The normalized spacial score (nSPS) is 28.9. The van der Waals surface area contributed by atoms with Gasteiger partial charge in [-0.25, -0.2) is 4.39 Å². The first-order valence-corrected chi connectivity index (χ1v) is 5.08. The van der Waals surface area contributed by atoms with Crippen molar-refractivity contribution in [3.8, 4) is 0 Å². The van der Waals surface area contributed by atoms with Gasteiger partial charge in [0.2, 0.25) is 0 Å². The van der Waals surface area contributed by atoms with Crippen LogP contribution in [0.1, 0.15) is 20.8 Å². The van der Waals surface area contributed by atoms with Gasteiger partial charge in [0.25, 0.3) is 0 Å². The van der Waals surface area contributed by atoms with Crippen molar-refractivity contribution >= 4 is 5.97 Å². The van der Waals surface area contributed by atoms with E-state index in [9.17, 15) is 9.18 Å². The Morgan fingerprint density at radius 2 is 2.20 bits per heavy atom. The van der Waals surface area contributed by atoms with Crippen LogP contribution < -0.4 is 0 Å². The van der Waals surface area contributed by atoms with Gasteiger partial charge < -0.3 is 9.84 Å². The second kappa shape index (κ2) is 4.31. The van der Waals surface area contributed by atoms with Crippen molar-refractivity contribution in [1.29, 1.82) is 0 Å². The van der Waals surface area contributed by atoms with Crippen molar-refractivity contribution < 1.29 is 19.0 Å². The summed E-state index contributed by atoms with van der Waals surface area (Å²) in [5, 5.41) is 8.87. The summed E-state index contributed by atoms with van der Waals surface area (Å²) in [4.78, 5) is 10.8. The molecule has 0 saturated heterocycles. The first kappa shape index (κ1) is 12.2. The second-order valence-electron chi connectivity index (χ2n) is 4.41. The number of hydrogen-bond donors (Lipinski definition) is 1. The summed E-state index contributed by atoms with van der Waals surface area (Å²) in [5.41, 5.74) is -0.338. The number of aliphatic carboxylic acids is 1. The molecule has 0 aromatic rings. The summed E-state index contributed by atoms with van der Waals surface area (Å²) >= 11 is 0. The molecule has 3 nitrogen and oxygen atoms in total. The van der Waals surface area contributed by atoms with E-state index in [-0.39, 0.29) is 23.8 Å². The van der Waals surface area contributed by atoms with Crippen LogP contribution in [0.15, 0.2) is 11.9 Å². The minimum Gasteiger partial charge on any atom is -0.481 e. The molecule has 0 aliphatic heterocycles. The minimum atomic E-state index is -0.856. The number of ether oxygens (including phenoxy) is 1. The fraction of sp³-hybridized carbons (Fsp3) is 0.727. The van der Waals surface area contributed by atoms with Gasteiger partial charge in [-0.2, -0.15) is 0 Å². The molecule has 1 aliphatic rings. The van der Waals surface area contributed by atoms with E-state index in [0.29, 0.717) is 6.61 Å². The quantitative estimate of drug-likeness (QED) is 0.766. The predicted octanol–water partition coefficient (Wildman–Crippen LogP) is 2.23. The van der Waals surface area contributed by atoms with Crippen molar-refractivity contribution in [1.82, 2.24) is 0 Å². The number of halogens is 1. The number of carboxylic acid groups (broad SMARTS) is 1. The van der Waals surface area contributed by atoms with E-state index in [1.807, 2.05) is 13.8 Å². The van der Waals surface area contributed by atoms with Gasteiger partial charge in [0.1, 0.15) is 5.83 Å². The Balaban J connectivity index is 2.57. The van der Waals surface area contributed by atoms with Crippen molar-refractivity contribution in [3.05, 3.63) is 11.9 Å². The topological polar surface area (TPSA) is 46.5 Å². The van der Waals surface area contributed by atoms with Gasteiger partial charge in [-0.15, -0.1) is 0 Å². The third kappa shape index (κ3) is 2.56. The molecule has 1 N–H and O–H groups in total. The molecule has 86 valence electrons. The average molecular weight is 216 g/mol. The van der Waals surface area contributed by atoms with Crippen LogP contribution in [0, 0.1) is 17.3 Å². The molecule has 0 spiro atoms. The summed E-state index contributed by atoms with van der Waals surface area (Å²) in [6, 6.07) is 0. The molecule has 0 amide bonds. The fourth-order valence-electron chi connectivity index (χ4n) is 1.90. The molecule has 2 unspecified atom stereocenters. The SMILES string of the molecule is CCOCC(F)=CC1C(C(=O)O)C1(C)C. The van der Waals surface area contributed by atoms with Crippen LogP contribution in [0.2, 0.25) is 0 Å². The Kier molecular flexibility index (Phi) is 3.50. The molecule has 0 bridgehead atoms. The fourth-order valence-corrected chi connectivity index (χ4v) is 1.90. The van der Waals surface area contributed by atoms with Crippen LogP contribution >= 0.6 is 0 Å². The Hall–Kier alpha value is -0.900. The van der Waals surface area contributed by atoms with Crippen LogP contribution in [-0.4, -0.2) is 24.3 Å². The van der Waals surface area contributed by atoms with E-state index < -0.39 is 11.9 Å². The second-order valence-corrected chi connectivity index (χ2v) is 4.41. The van der Waals surface area contributed by atoms with E-state index in [1.54, 1.807) is 6.92 Å². The van der Waals surface area contributed by atoms with Crippen molar-refractivity contribution in [2.24, 2.45) is 17.3 Å². The molecule has 1 fully saturated rings. The molecular weight excluding hydrogens is 199 g/mol. The Morgan fingerprint density at radius 1 is 1.60 bits per heavy atom. The van der Waals surface area contributed by atoms with Crippen LogP contribution in [0.3, 0.4) is 0 Å². The summed E-state index contributed by atoms with van der Waals surface area (Å²) in [7, 11) is 0. The Morgan fingerprint density at radius 3 is 2.60 bits per heavy atom. The molecule has 0 aromatic carbocycles. The van der Waals surface area contributed by atoms with Gasteiger partial charge in [-0.1, -0.05) is 13.8 Å². The molecule has 0 heterocycles. The van der Waals surface area contributed by atoms with Gasteiger partial charge in [-0.3, -0.25) is 4.79 Å². The number of carbonyl (C=O) groups is 1. The van der Waals surface area contributed by atoms with Crippen molar-refractivity contribution in [2.75, 3.05) is 13.2 Å². The lowest BCUT2D eigenvalue weighted by Crippen LogP contribution is -2.03. The average Bonchev–Trinajstić information content (AvgIpc) is 2.64. The number of carboxylic acids is 1. The minimum absolute atomic E-state index is 0.0601. The highest BCUT2D eigenvalue weighted by molar-refractivity contribution is 5.76. The van der Waals surface area contributed by atoms with Crippen LogP contribution in [0.25, 0.3) is 0 Å². The smallest absolute Gasteiger partial charge is 0.307 e. The maximum absolute atomic E-state index is 13.2. The standard InChI is InChI=1S/C11H17FO3/c1-4-15-6-7(12)5-8-9(10(13)14)11(8,2)3/h5,8-9H,4,6H2,1-3H3,(H,13,14). The zero-order valence-electron chi connectivity index (χ0n) is 9.29. The van der Waals surface area contributed by atoms with E-state index in [4.69, 9.17) is 9.84 Å². The number of hydrogen-bond acceptors (Lipinski definition) is 2. The van der Waals surface area contributed by atoms with Crippen molar-refractivity contribution in [3.63, 3.8) is 0 Å². The highest BCUT2D eigenvalue weighted by atomic mass is 19.1. The highest BCUT2D eigenvalue weighted by Gasteiger charge is 2.61. The molecular formula is C11H17FO3. The van der Waals surface area contributed by atoms with E-state index in [2.05, 4.69) is 0 Å². The predicted molar refractivity (Wildman–Crippen MR) is 54.1 cm³/mol. The Bertz CT molecular complexity index is 284. The molecule has 1 saturated carbocycles. The molecule has 2 atom stereocenters. The summed E-state index contributed by atoms with van der Waals surface area (Å²) < 4.78 is 18.1. The zero-order valence-corrected chi connectivity index (χ0v) is 9.29. The summed E-state index contributed by atoms with van der Waals surface area (Å²) in [5.74, 6) is -1.91. The largest absolute Gasteiger partial charge is 0.481 e. The molecule has 0 radical (unpaired) electrons. The lowest BCUT2D eigenvalue weighted by molar-refractivity contribution is -0.139. The molecule has 1 rings (SSSR count). The lowest BCUT2D eigenvalue weighted by atomic mass is 10.1. The van der Waals surface area contributed by atoms with E-state index in [0.717, 1.165) is 0 Å². The van der Waals surface area contributed by atoms with E-state index in [1.165, 1.54) is 6.08 Å². The zero-order chi connectivity index (χ0) is 11.6. The van der Waals surface area contributed by atoms with Gasteiger partial charge in [0, 0.05) is 6.61 Å². The lowest BCUT2D eigenvalue weighted by Gasteiger charge is -1.99. The number of rotatable bonds is 5. The van der Waals surface area contributed by atoms with Gasteiger partial charge in [0.05, 0.1) is 12.5 Å². The van der Waals surface area contributed by atoms with Gasteiger partial charge >= 0.3 is 5.97 Å². The van der Waals surface area contributed by atoms with Crippen LogP contribution in [0.4, 0.5) is 4.39 Å². The maximum Gasteiger partial charge on any atom is 0.307 e. The first-order valence-electron chi connectivity index (χ1n) is 5.08. The summed E-state index contributed by atoms with van der Waals surface area (Å²) in [6.45, 7) is 5.85. The van der Waals surface area contributed by atoms with Gasteiger partial charge in [-0.05, 0) is 24.3 Å². The molecule has 1 aliphatic carbocycles. The first-order chi connectivity index (χ1) is 6.91. The third-order valence-corrected chi connectivity index (χ3v) is 2.98. The molecule has 0 aromatic heterocycles. The van der Waals surface area contributed by atoms with Crippen LogP contribution in [-0.2, 0) is 9.53 Å². The molecule has 15 heavy (non-hydrogen) atoms.